The van der Waals surface area contributed by atoms with Crippen molar-refractivity contribution in [2.45, 2.75) is 39.0 Å². The molecule has 0 bridgehead atoms. The van der Waals surface area contributed by atoms with Gasteiger partial charge in [-0.3, -0.25) is 9.48 Å². The second kappa shape index (κ2) is 6.62. The average molecular weight is 319 g/mol. The minimum absolute atomic E-state index is 0.0323. The highest BCUT2D eigenvalue weighted by molar-refractivity contribution is 7.10. The lowest BCUT2D eigenvalue weighted by Gasteiger charge is -2.21. The first kappa shape index (κ1) is 15.2. The van der Waals surface area contributed by atoms with Crippen molar-refractivity contribution >= 4 is 17.2 Å². The van der Waals surface area contributed by atoms with Crippen LogP contribution in [0.4, 0.5) is 0 Å². The molecule has 3 heterocycles. The van der Waals surface area contributed by atoms with Gasteiger partial charge in [0, 0.05) is 24.2 Å². The van der Waals surface area contributed by atoms with E-state index in [-0.39, 0.29) is 24.0 Å². The van der Waals surface area contributed by atoms with Crippen LogP contribution < -0.4 is 5.32 Å². The SMILES string of the molecule is CCn1nccc1[C@@H]1OCC[C@H]1C(=O)N[C@H](C)c1cccs1. The summed E-state index contributed by atoms with van der Waals surface area (Å²) in [4.78, 5) is 13.8. The molecule has 2 aromatic heterocycles. The lowest BCUT2D eigenvalue weighted by Crippen LogP contribution is -2.34. The van der Waals surface area contributed by atoms with Gasteiger partial charge in [-0.1, -0.05) is 6.07 Å². The van der Waals surface area contributed by atoms with Crippen LogP contribution in [-0.4, -0.2) is 22.3 Å². The van der Waals surface area contributed by atoms with Gasteiger partial charge >= 0.3 is 0 Å². The fraction of sp³-hybridized carbons (Fsp3) is 0.500. The van der Waals surface area contributed by atoms with Crippen LogP contribution in [0, 0.1) is 5.92 Å². The smallest absolute Gasteiger partial charge is 0.226 e. The van der Waals surface area contributed by atoms with Gasteiger partial charge < -0.3 is 10.1 Å². The minimum Gasteiger partial charge on any atom is -0.371 e. The van der Waals surface area contributed by atoms with Crippen LogP contribution in [0.1, 0.15) is 43.0 Å². The maximum absolute atomic E-state index is 12.6. The van der Waals surface area contributed by atoms with Crippen molar-refractivity contribution in [2.24, 2.45) is 5.92 Å². The molecule has 118 valence electrons. The lowest BCUT2D eigenvalue weighted by molar-refractivity contribution is -0.127. The Hall–Kier alpha value is -1.66. The highest BCUT2D eigenvalue weighted by Crippen LogP contribution is 2.35. The molecule has 1 aliphatic rings. The first-order valence-electron chi connectivity index (χ1n) is 7.67. The molecule has 22 heavy (non-hydrogen) atoms. The number of ether oxygens (including phenoxy) is 1. The average Bonchev–Trinajstić information content (AvgIpc) is 3.25. The van der Waals surface area contributed by atoms with Crippen molar-refractivity contribution in [1.29, 1.82) is 0 Å². The number of carbonyl (C=O) groups excluding carboxylic acids is 1. The third kappa shape index (κ3) is 2.94. The second-order valence-electron chi connectivity index (χ2n) is 5.50. The molecule has 0 unspecified atom stereocenters. The molecular formula is C16H21N3O2S. The number of carbonyl (C=O) groups is 1. The number of nitrogens with one attached hydrogen (secondary N) is 1. The van der Waals surface area contributed by atoms with Gasteiger partial charge in [0.15, 0.2) is 0 Å². The van der Waals surface area contributed by atoms with Gasteiger partial charge in [0.05, 0.1) is 17.7 Å². The van der Waals surface area contributed by atoms with Crippen molar-refractivity contribution in [3.63, 3.8) is 0 Å². The van der Waals surface area contributed by atoms with Crippen molar-refractivity contribution in [3.05, 3.63) is 40.3 Å². The topological polar surface area (TPSA) is 56.2 Å². The molecule has 6 heteroatoms. The summed E-state index contributed by atoms with van der Waals surface area (Å²) in [7, 11) is 0. The van der Waals surface area contributed by atoms with Gasteiger partial charge in [0.1, 0.15) is 6.10 Å². The molecule has 1 aliphatic heterocycles. The summed E-state index contributed by atoms with van der Waals surface area (Å²) < 4.78 is 7.73. The van der Waals surface area contributed by atoms with E-state index in [4.69, 9.17) is 4.74 Å². The number of aromatic nitrogens is 2. The van der Waals surface area contributed by atoms with E-state index in [9.17, 15) is 4.79 Å². The quantitative estimate of drug-likeness (QED) is 0.922. The van der Waals surface area contributed by atoms with E-state index in [0.717, 1.165) is 18.7 Å². The molecule has 1 fully saturated rings. The zero-order chi connectivity index (χ0) is 15.5. The maximum atomic E-state index is 12.6. The first-order valence-corrected chi connectivity index (χ1v) is 8.55. The van der Waals surface area contributed by atoms with Crippen molar-refractivity contribution in [3.8, 4) is 0 Å². The van der Waals surface area contributed by atoms with E-state index in [2.05, 4.69) is 10.4 Å². The first-order chi connectivity index (χ1) is 10.7. The van der Waals surface area contributed by atoms with Crippen molar-refractivity contribution < 1.29 is 9.53 Å². The van der Waals surface area contributed by atoms with Crippen LogP contribution in [0.5, 0.6) is 0 Å². The summed E-state index contributed by atoms with van der Waals surface area (Å²) in [6.07, 6.45) is 2.32. The predicted octanol–water partition coefficient (Wildman–Crippen LogP) is 2.92. The Morgan fingerprint density at radius 3 is 3.18 bits per heavy atom. The molecular weight excluding hydrogens is 298 g/mol. The van der Waals surface area contributed by atoms with Gasteiger partial charge in [-0.15, -0.1) is 11.3 Å². The van der Waals surface area contributed by atoms with Gasteiger partial charge in [-0.2, -0.15) is 5.10 Å². The number of amides is 1. The van der Waals surface area contributed by atoms with E-state index in [1.807, 2.05) is 42.1 Å². The Labute approximate surface area is 134 Å². The lowest BCUT2D eigenvalue weighted by atomic mass is 9.97. The molecule has 3 atom stereocenters. The van der Waals surface area contributed by atoms with Crippen molar-refractivity contribution in [1.82, 2.24) is 15.1 Å². The van der Waals surface area contributed by atoms with Crippen LogP contribution >= 0.6 is 11.3 Å². The largest absolute Gasteiger partial charge is 0.371 e. The summed E-state index contributed by atoms with van der Waals surface area (Å²) in [6, 6.07) is 6.03. The van der Waals surface area contributed by atoms with Gasteiger partial charge in [0.25, 0.3) is 0 Å². The van der Waals surface area contributed by atoms with Crippen LogP contribution in [0.25, 0.3) is 0 Å². The standard InChI is InChI=1S/C16H21N3O2S/c1-3-19-13(6-8-17-19)15-12(7-9-21-15)16(20)18-11(2)14-5-4-10-22-14/h4-6,8,10-12,15H,3,7,9H2,1-2H3,(H,18,20)/t11-,12-,15-/m1/s1. The van der Waals surface area contributed by atoms with E-state index >= 15 is 0 Å². The number of hydrogen-bond donors (Lipinski definition) is 1. The Morgan fingerprint density at radius 2 is 2.45 bits per heavy atom. The summed E-state index contributed by atoms with van der Waals surface area (Å²) >= 11 is 1.66. The van der Waals surface area contributed by atoms with E-state index in [1.54, 1.807) is 17.5 Å². The summed E-state index contributed by atoms with van der Waals surface area (Å²) in [5, 5.41) is 9.42. The Kier molecular flexibility index (Phi) is 4.59. The van der Waals surface area contributed by atoms with E-state index in [0.29, 0.717) is 6.61 Å². The Balaban J connectivity index is 1.71. The van der Waals surface area contributed by atoms with Crippen LogP contribution in [0.15, 0.2) is 29.8 Å². The normalized spacial score (nSPS) is 22.6. The maximum Gasteiger partial charge on any atom is 0.226 e. The Morgan fingerprint density at radius 1 is 1.59 bits per heavy atom. The van der Waals surface area contributed by atoms with Crippen LogP contribution in [0.3, 0.4) is 0 Å². The third-order valence-corrected chi connectivity index (χ3v) is 5.15. The number of hydrogen-bond acceptors (Lipinski definition) is 4. The van der Waals surface area contributed by atoms with Gasteiger partial charge in [0.2, 0.25) is 5.91 Å². The second-order valence-corrected chi connectivity index (χ2v) is 6.48. The molecule has 3 rings (SSSR count). The highest BCUT2D eigenvalue weighted by atomic mass is 32.1. The molecule has 0 spiro atoms. The van der Waals surface area contributed by atoms with Crippen LogP contribution in [0.2, 0.25) is 0 Å². The summed E-state index contributed by atoms with van der Waals surface area (Å²) in [5.74, 6) is -0.0864. The van der Waals surface area contributed by atoms with Crippen LogP contribution in [-0.2, 0) is 16.1 Å². The molecule has 2 aromatic rings. The summed E-state index contributed by atoms with van der Waals surface area (Å²) in [5.41, 5.74) is 0.990. The number of thiophene rings is 1. The van der Waals surface area contributed by atoms with Gasteiger partial charge in [-0.05, 0) is 37.8 Å². The predicted molar refractivity (Wildman–Crippen MR) is 85.6 cm³/mol. The molecule has 1 saturated heterocycles. The molecule has 0 aliphatic carbocycles. The molecule has 1 N–H and O–H groups in total. The summed E-state index contributed by atoms with van der Waals surface area (Å²) in [6.45, 7) is 5.46. The zero-order valence-corrected chi connectivity index (χ0v) is 13.7. The molecule has 0 saturated carbocycles. The van der Waals surface area contributed by atoms with E-state index < -0.39 is 0 Å². The number of nitrogens with zero attached hydrogens (tertiary/aromatic N) is 2. The monoisotopic (exact) mass is 319 g/mol. The third-order valence-electron chi connectivity index (χ3n) is 4.10. The van der Waals surface area contributed by atoms with Crippen molar-refractivity contribution in [2.75, 3.05) is 6.61 Å². The minimum atomic E-state index is -0.196. The highest BCUT2D eigenvalue weighted by Gasteiger charge is 2.37. The molecule has 1 amide bonds. The fourth-order valence-corrected chi connectivity index (χ4v) is 3.66. The Bertz CT molecular complexity index is 623. The molecule has 5 nitrogen and oxygen atoms in total. The molecule has 0 aromatic carbocycles. The number of rotatable bonds is 5. The number of aryl methyl sites for hydroxylation is 1. The fourth-order valence-electron chi connectivity index (χ4n) is 2.93. The van der Waals surface area contributed by atoms with Gasteiger partial charge in [-0.25, -0.2) is 0 Å². The van der Waals surface area contributed by atoms with E-state index in [1.165, 1.54) is 4.88 Å². The molecule has 0 radical (unpaired) electrons. The zero-order valence-electron chi connectivity index (χ0n) is 12.9.